The van der Waals surface area contributed by atoms with E-state index in [0.717, 1.165) is 16.0 Å². The summed E-state index contributed by atoms with van der Waals surface area (Å²) in [6, 6.07) is 33.4. The minimum Gasteiger partial charge on any atom is -0.0619 e. The third-order valence-corrected chi connectivity index (χ3v) is 7.31. The van der Waals surface area contributed by atoms with E-state index in [-0.39, 0.29) is 0 Å². The van der Waals surface area contributed by atoms with Gasteiger partial charge in [0.2, 0.25) is 5.30 Å². The van der Waals surface area contributed by atoms with E-state index in [4.69, 9.17) is 0 Å². The predicted molar refractivity (Wildman–Crippen MR) is 121 cm³/mol. The Morgan fingerprint density at radius 2 is 1.04 bits per heavy atom. The highest BCUT2D eigenvalue weighted by molar-refractivity contribution is 7.62. The van der Waals surface area contributed by atoms with Gasteiger partial charge in [0.1, 0.15) is 0 Å². The van der Waals surface area contributed by atoms with Crippen LogP contribution >= 0.6 is 7.80 Å². The highest BCUT2D eigenvalue weighted by Gasteiger charge is 2.27. The highest BCUT2D eigenvalue weighted by atomic mass is 31.1. The molecule has 0 saturated carbocycles. The van der Waals surface area contributed by atoms with Crippen molar-refractivity contribution in [3.05, 3.63) is 97.1 Å². The molecule has 6 aromatic rings. The van der Waals surface area contributed by atoms with Gasteiger partial charge < -0.3 is 0 Å². The van der Waals surface area contributed by atoms with E-state index in [0.29, 0.717) is 0 Å². The highest BCUT2D eigenvalue weighted by Crippen LogP contribution is 2.40. The Balaban J connectivity index is 1.80. The third kappa shape index (κ3) is 2.08. The summed E-state index contributed by atoms with van der Waals surface area (Å²) in [5.41, 5.74) is 0. The topological polar surface area (TPSA) is 17.1 Å². The van der Waals surface area contributed by atoms with Crippen LogP contribution in [0.15, 0.2) is 97.1 Å². The molecule has 2 heteroatoms. The maximum absolute atomic E-state index is 13.4. The molecule has 130 valence electrons. The first kappa shape index (κ1) is 15.7. The van der Waals surface area contributed by atoms with E-state index >= 15 is 0 Å². The summed E-state index contributed by atoms with van der Waals surface area (Å²) in [6.45, 7) is 0. The lowest BCUT2D eigenvalue weighted by atomic mass is 9.90. The number of fused-ring (bicyclic) bond motifs is 2. The summed E-state index contributed by atoms with van der Waals surface area (Å²) in [6.07, 6.45) is 0. The van der Waals surface area contributed by atoms with Crippen molar-refractivity contribution in [3.8, 4) is 0 Å². The van der Waals surface area contributed by atoms with Crippen LogP contribution in [-0.2, 0) is 4.57 Å². The fourth-order valence-corrected chi connectivity index (χ4v) is 5.85. The van der Waals surface area contributed by atoms with Gasteiger partial charge in [-0.05, 0) is 62.6 Å². The quantitative estimate of drug-likeness (QED) is 0.191. The summed E-state index contributed by atoms with van der Waals surface area (Å²) < 4.78 is 13.4. The molecule has 0 N–H and O–H groups in total. The zero-order valence-corrected chi connectivity index (χ0v) is 16.0. The average molecular weight is 375 g/mol. The van der Waals surface area contributed by atoms with E-state index in [1.807, 2.05) is 30.3 Å². The fourth-order valence-electron chi connectivity index (χ4n) is 4.51. The summed E-state index contributed by atoms with van der Waals surface area (Å²) >= 11 is 0. The van der Waals surface area contributed by atoms with Gasteiger partial charge in [0.15, 0.2) is 5.30 Å². The monoisotopic (exact) mass is 375 g/mol. The number of rotatable bonds is 2. The lowest BCUT2D eigenvalue weighted by Crippen LogP contribution is -2.07. The molecule has 0 radical (unpaired) electrons. The Morgan fingerprint density at radius 1 is 0.464 bits per heavy atom. The van der Waals surface area contributed by atoms with Gasteiger partial charge in [-0.3, -0.25) is 0 Å². The first-order chi connectivity index (χ1) is 13.8. The second-order valence-electron chi connectivity index (χ2n) is 7.20. The van der Waals surface area contributed by atoms with Crippen LogP contribution < -0.4 is 10.6 Å². The van der Waals surface area contributed by atoms with Crippen molar-refractivity contribution >= 4 is 61.5 Å². The summed E-state index contributed by atoms with van der Waals surface area (Å²) in [4.78, 5) is 0. The van der Waals surface area contributed by atoms with Crippen molar-refractivity contribution in [2.45, 2.75) is 0 Å². The largest absolute Gasteiger partial charge is 0.415 e. The first-order valence-electron chi connectivity index (χ1n) is 9.43. The van der Waals surface area contributed by atoms with Crippen LogP contribution in [0, 0.1) is 0 Å². The minimum absolute atomic E-state index is 0.872. The Hall–Kier alpha value is -3.28. The SMILES string of the molecule is O=[P+](c1ccccc1)c1ccc2c3cccc4cccc(c5cccc1c52)c43. The average Bonchev–Trinajstić information content (AvgIpc) is 2.77. The maximum Gasteiger partial charge on any atom is 0.415 e. The molecule has 0 aliphatic carbocycles. The Morgan fingerprint density at radius 3 is 1.75 bits per heavy atom. The van der Waals surface area contributed by atoms with Crippen LogP contribution in [0.5, 0.6) is 0 Å². The van der Waals surface area contributed by atoms with E-state index in [2.05, 4.69) is 66.7 Å². The number of benzene rings is 6. The van der Waals surface area contributed by atoms with Crippen molar-refractivity contribution in [1.82, 2.24) is 0 Å². The molecule has 1 nitrogen and oxygen atoms in total. The molecule has 0 saturated heterocycles. The molecule has 0 aromatic heterocycles. The Kier molecular flexibility index (Phi) is 3.29. The fraction of sp³-hybridized carbons (Fsp3) is 0. The summed E-state index contributed by atoms with van der Waals surface area (Å²) in [5, 5.41) is 11.6. The normalized spacial score (nSPS) is 12.4. The zero-order valence-electron chi connectivity index (χ0n) is 15.1. The van der Waals surface area contributed by atoms with Crippen molar-refractivity contribution in [1.29, 1.82) is 0 Å². The third-order valence-electron chi connectivity index (χ3n) is 5.71. The zero-order chi connectivity index (χ0) is 18.7. The molecule has 0 bridgehead atoms. The van der Waals surface area contributed by atoms with Gasteiger partial charge in [-0.15, -0.1) is 0 Å². The standard InChI is InChI=1S/C26H16OP/c27-28(18-9-2-1-3-10-18)24-16-15-22-20-12-5-8-17-7-4-11-19(25(17)20)21-13-6-14-23(24)26(21)22/h1-16H/q+1. The summed E-state index contributed by atoms with van der Waals surface area (Å²) in [5.74, 6) is 0. The van der Waals surface area contributed by atoms with Crippen LogP contribution in [-0.4, -0.2) is 0 Å². The van der Waals surface area contributed by atoms with Gasteiger partial charge in [0, 0.05) is 10.8 Å². The predicted octanol–water partition coefficient (Wildman–Crippen LogP) is 6.52. The van der Waals surface area contributed by atoms with E-state index in [1.54, 1.807) is 0 Å². The second kappa shape index (κ2) is 5.86. The molecule has 0 aliphatic rings. The lowest BCUT2D eigenvalue weighted by molar-refractivity contribution is 0.598. The molecule has 0 spiro atoms. The van der Waals surface area contributed by atoms with Gasteiger partial charge in [-0.2, -0.15) is 0 Å². The van der Waals surface area contributed by atoms with Crippen molar-refractivity contribution in [2.24, 2.45) is 0 Å². The van der Waals surface area contributed by atoms with Crippen molar-refractivity contribution in [3.63, 3.8) is 0 Å². The van der Waals surface area contributed by atoms with Crippen LogP contribution in [0.3, 0.4) is 0 Å². The van der Waals surface area contributed by atoms with Crippen LogP contribution in [0.2, 0.25) is 0 Å². The lowest BCUT2D eigenvalue weighted by Gasteiger charge is -2.14. The molecule has 28 heavy (non-hydrogen) atoms. The smallest absolute Gasteiger partial charge is 0.0619 e. The Labute approximate surface area is 163 Å². The molecule has 6 rings (SSSR count). The first-order valence-corrected chi connectivity index (χ1v) is 10.7. The van der Waals surface area contributed by atoms with Gasteiger partial charge in [0.25, 0.3) is 0 Å². The molecule has 0 aliphatic heterocycles. The molecule has 1 atom stereocenters. The van der Waals surface area contributed by atoms with Gasteiger partial charge in [-0.1, -0.05) is 71.3 Å². The molecule has 0 heterocycles. The molecule has 1 unspecified atom stereocenters. The number of hydrogen-bond acceptors (Lipinski definition) is 1. The summed E-state index contributed by atoms with van der Waals surface area (Å²) in [7, 11) is -1.64. The van der Waals surface area contributed by atoms with Crippen LogP contribution in [0.25, 0.3) is 43.1 Å². The van der Waals surface area contributed by atoms with E-state index < -0.39 is 7.80 Å². The van der Waals surface area contributed by atoms with Gasteiger partial charge >= 0.3 is 7.80 Å². The van der Waals surface area contributed by atoms with Crippen LogP contribution in [0.1, 0.15) is 0 Å². The maximum atomic E-state index is 13.4. The van der Waals surface area contributed by atoms with Crippen molar-refractivity contribution < 1.29 is 4.57 Å². The molecular formula is C26H16OP+. The van der Waals surface area contributed by atoms with Gasteiger partial charge in [-0.25, -0.2) is 0 Å². The van der Waals surface area contributed by atoms with E-state index in [1.165, 1.54) is 37.7 Å². The number of hydrogen-bond donors (Lipinski definition) is 0. The Bertz CT molecular complexity index is 1470. The van der Waals surface area contributed by atoms with Crippen molar-refractivity contribution in [2.75, 3.05) is 0 Å². The molecule has 0 amide bonds. The minimum atomic E-state index is -1.64. The van der Waals surface area contributed by atoms with Crippen LogP contribution in [0.4, 0.5) is 0 Å². The van der Waals surface area contributed by atoms with E-state index in [9.17, 15) is 4.57 Å². The molecule has 0 fully saturated rings. The molecular weight excluding hydrogens is 359 g/mol. The van der Waals surface area contributed by atoms with Gasteiger partial charge in [0.05, 0.1) is 0 Å². The molecule has 6 aromatic carbocycles. The second-order valence-corrected chi connectivity index (χ2v) is 8.79.